The monoisotopic (exact) mass is 405 g/mol. The van der Waals surface area contributed by atoms with Crippen molar-refractivity contribution in [3.8, 4) is 11.3 Å². The lowest BCUT2D eigenvalue weighted by atomic mass is 10.1. The van der Waals surface area contributed by atoms with Gasteiger partial charge in [0.2, 0.25) is 5.76 Å². The van der Waals surface area contributed by atoms with E-state index in [1.165, 1.54) is 6.07 Å². The van der Waals surface area contributed by atoms with Crippen molar-refractivity contribution in [3.05, 3.63) is 78.1 Å². The summed E-state index contributed by atoms with van der Waals surface area (Å²) in [6, 6.07) is 14.5. The third-order valence-electron chi connectivity index (χ3n) is 5.33. The van der Waals surface area contributed by atoms with Gasteiger partial charge in [0.15, 0.2) is 5.89 Å². The largest absolute Gasteiger partial charge is 0.435 e. The molecular weight excluding hydrogens is 381 g/mol. The normalized spacial score (nSPS) is 14.1. The van der Waals surface area contributed by atoms with Gasteiger partial charge in [-0.05, 0) is 36.8 Å². The van der Waals surface area contributed by atoms with Gasteiger partial charge in [0.1, 0.15) is 11.5 Å². The van der Waals surface area contributed by atoms with Gasteiger partial charge in [-0.1, -0.05) is 36.4 Å². The fourth-order valence-electron chi connectivity index (χ4n) is 3.69. The Hall–Kier alpha value is -3.41. The molecule has 6 heteroatoms. The van der Waals surface area contributed by atoms with Crippen LogP contribution in [0.15, 0.2) is 59.5 Å². The van der Waals surface area contributed by atoms with Gasteiger partial charge in [0.05, 0.1) is 0 Å². The molecule has 0 saturated carbocycles. The average Bonchev–Trinajstić information content (AvgIpc) is 3.15. The fraction of sp³-hybridized carbons (Fsp3) is 0.250. The highest BCUT2D eigenvalue weighted by Crippen LogP contribution is 2.28. The molecule has 5 nitrogen and oxygen atoms in total. The van der Waals surface area contributed by atoms with Gasteiger partial charge in [0, 0.05) is 44.4 Å². The molecule has 1 aliphatic heterocycles. The number of rotatable bonds is 4. The maximum atomic E-state index is 14.3. The molecule has 154 valence electrons. The summed E-state index contributed by atoms with van der Waals surface area (Å²) in [5.74, 6) is -0.256. The van der Waals surface area contributed by atoms with Gasteiger partial charge >= 0.3 is 0 Å². The van der Waals surface area contributed by atoms with Gasteiger partial charge in [-0.3, -0.25) is 4.79 Å². The highest BCUT2D eigenvalue weighted by Gasteiger charge is 2.29. The number of hydrogen-bond donors (Lipinski definition) is 0. The molecule has 0 bridgehead atoms. The minimum Gasteiger partial charge on any atom is -0.435 e. The number of oxazole rings is 1. The predicted molar refractivity (Wildman–Crippen MR) is 116 cm³/mol. The van der Waals surface area contributed by atoms with Crippen molar-refractivity contribution in [2.45, 2.75) is 13.8 Å². The number of halogens is 1. The molecule has 0 spiro atoms. The second-order valence-corrected chi connectivity index (χ2v) is 7.50. The van der Waals surface area contributed by atoms with E-state index in [9.17, 15) is 9.18 Å². The minimum atomic E-state index is -0.429. The zero-order valence-electron chi connectivity index (χ0n) is 17.2. The molecular formula is C24H24FN3O2. The third kappa shape index (κ3) is 3.85. The van der Waals surface area contributed by atoms with Crippen LogP contribution in [-0.2, 0) is 0 Å². The van der Waals surface area contributed by atoms with Crippen LogP contribution in [0.2, 0.25) is 0 Å². The van der Waals surface area contributed by atoms with Gasteiger partial charge in [0.25, 0.3) is 5.91 Å². The Morgan fingerprint density at radius 3 is 2.53 bits per heavy atom. The Morgan fingerprint density at radius 1 is 1.10 bits per heavy atom. The summed E-state index contributed by atoms with van der Waals surface area (Å²) >= 11 is 0. The number of carbonyl (C=O) groups excluding carboxylic acids is 1. The maximum Gasteiger partial charge on any atom is 0.292 e. The Balaban J connectivity index is 1.51. The Bertz CT molecular complexity index is 1100. The molecule has 1 fully saturated rings. The molecule has 1 aliphatic rings. The van der Waals surface area contributed by atoms with E-state index in [2.05, 4.69) is 28.6 Å². The van der Waals surface area contributed by atoms with Crippen LogP contribution in [-0.4, -0.2) is 42.0 Å². The second-order valence-electron chi connectivity index (χ2n) is 7.50. The smallest absolute Gasteiger partial charge is 0.292 e. The fourth-order valence-corrected chi connectivity index (χ4v) is 3.69. The van der Waals surface area contributed by atoms with E-state index in [4.69, 9.17) is 4.42 Å². The number of nitrogens with zero attached hydrogens (tertiary/aromatic N) is 3. The van der Waals surface area contributed by atoms with Crippen LogP contribution in [0.5, 0.6) is 0 Å². The third-order valence-corrected chi connectivity index (χ3v) is 5.33. The van der Waals surface area contributed by atoms with Crippen molar-refractivity contribution in [2.75, 3.05) is 31.1 Å². The van der Waals surface area contributed by atoms with Gasteiger partial charge < -0.3 is 14.2 Å². The minimum absolute atomic E-state index is 0.0929. The summed E-state index contributed by atoms with van der Waals surface area (Å²) in [6.07, 6.45) is 0. The molecule has 2 aromatic carbocycles. The summed E-state index contributed by atoms with van der Waals surface area (Å²) in [5.41, 5.74) is 3.77. The molecule has 0 unspecified atom stereocenters. The van der Waals surface area contributed by atoms with Crippen LogP contribution < -0.4 is 4.90 Å². The highest BCUT2D eigenvalue weighted by atomic mass is 19.1. The maximum absolute atomic E-state index is 14.3. The number of aryl methyl sites for hydroxylation is 1. The van der Waals surface area contributed by atoms with E-state index in [1.54, 1.807) is 30.0 Å². The number of carbonyl (C=O) groups is 1. The molecule has 3 aromatic rings. The molecule has 0 aliphatic carbocycles. The molecule has 1 aromatic heterocycles. The molecule has 0 radical (unpaired) electrons. The predicted octanol–water partition coefficient (Wildman–Crippen LogP) is 4.78. The Labute approximate surface area is 175 Å². The SMILES string of the molecule is C=C(C)c1cccc(N2CCN(C(=O)c3oc(C)nc3-c3ccccc3F)CC2)c1. The van der Waals surface area contributed by atoms with Gasteiger partial charge in [-0.15, -0.1) is 0 Å². The van der Waals surface area contributed by atoms with E-state index in [0.717, 1.165) is 16.8 Å². The van der Waals surface area contributed by atoms with Crippen molar-refractivity contribution < 1.29 is 13.6 Å². The molecule has 30 heavy (non-hydrogen) atoms. The van der Waals surface area contributed by atoms with Crippen molar-refractivity contribution >= 4 is 17.2 Å². The van der Waals surface area contributed by atoms with Crippen LogP contribution in [0.1, 0.15) is 28.9 Å². The number of anilines is 1. The van der Waals surface area contributed by atoms with E-state index in [1.807, 2.05) is 19.1 Å². The van der Waals surface area contributed by atoms with E-state index in [-0.39, 0.29) is 22.9 Å². The molecule has 1 amide bonds. The average molecular weight is 405 g/mol. The van der Waals surface area contributed by atoms with Crippen molar-refractivity contribution in [2.24, 2.45) is 0 Å². The lowest BCUT2D eigenvalue weighted by Crippen LogP contribution is -2.48. The number of hydrogen-bond acceptors (Lipinski definition) is 4. The summed E-state index contributed by atoms with van der Waals surface area (Å²) < 4.78 is 19.9. The van der Waals surface area contributed by atoms with E-state index >= 15 is 0 Å². The number of aromatic nitrogens is 1. The van der Waals surface area contributed by atoms with Crippen LogP contribution in [0.25, 0.3) is 16.8 Å². The van der Waals surface area contributed by atoms with Gasteiger partial charge in [-0.2, -0.15) is 0 Å². The summed E-state index contributed by atoms with van der Waals surface area (Å²) in [6.45, 7) is 10.2. The highest BCUT2D eigenvalue weighted by molar-refractivity contribution is 5.97. The van der Waals surface area contributed by atoms with Gasteiger partial charge in [-0.25, -0.2) is 9.37 Å². The van der Waals surface area contributed by atoms with Crippen LogP contribution in [0.3, 0.4) is 0 Å². The molecule has 4 rings (SSSR count). The molecule has 0 atom stereocenters. The summed E-state index contributed by atoms with van der Waals surface area (Å²) in [5, 5.41) is 0. The molecule has 1 saturated heterocycles. The van der Waals surface area contributed by atoms with Crippen LogP contribution in [0.4, 0.5) is 10.1 Å². The van der Waals surface area contributed by atoms with E-state index in [0.29, 0.717) is 32.1 Å². The summed E-state index contributed by atoms with van der Waals surface area (Å²) in [4.78, 5) is 21.4. The Kier molecular flexibility index (Phi) is 5.40. The Morgan fingerprint density at radius 2 is 1.83 bits per heavy atom. The van der Waals surface area contributed by atoms with Crippen molar-refractivity contribution in [1.29, 1.82) is 0 Å². The second kappa shape index (κ2) is 8.14. The number of allylic oxidation sites excluding steroid dienone is 1. The molecule has 0 N–H and O–H groups in total. The van der Waals surface area contributed by atoms with Crippen LogP contribution >= 0.6 is 0 Å². The quantitative estimate of drug-likeness (QED) is 0.627. The summed E-state index contributed by atoms with van der Waals surface area (Å²) in [7, 11) is 0. The van der Waals surface area contributed by atoms with E-state index < -0.39 is 5.82 Å². The zero-order chi connectivity index (χ0) is 21.3. The number of piperazine rings is 1. The first kappa shape index (κ1) is 19.9. The first-order valence-corrected chi connectivity index (χ1v) is 9.96. The zero-order valence-corrected chi connectivity index (χ0v) is 17.2. The van der Waals surface area contributed by atoms with Crippen LogP contribution in [0, 0.1) is 12.7 Å². The first-order valence-electron chi connectivity index (χ1n) is 9.96. The topological polar surface area (TPSA) is 49.6 Å². The lowest BCUT2D eigenvalue weighted by Gasteiger charge is -2.36. The first-order chi connectivity index (χ1) is 14.4. The lowest BCUT2D eigenvalue weighted by molar-refractivity contribution is 0.0714. The molecule has 2 heterocycles. The standard InChI is InChI=1S/C24H24FN3O2/c1-16(2)18-7-6-8-19(15-18)27-11-13-28(14-12-27)24(29)23-22(26-17(3)30-23)20-9-4-5-10-21(20)25/h4-10,15H,1,11-14H2,2-3H3. The van der Waals surface area contributed by atoms with Crippen molar-refractivity contribution in [1.82, 2.24) is 9.88 Å². The number of amides is 1. The number of benzene rings is 2. The van der Waals surface area contributed by atoms with Crippen molar-refractivity contribution in [3.63, 3.8) is 0 Å².